The van der Waals surface area contributed by atoms with Crippen LogP contribution in [-0.2, 0) is 9.53 Å². The number of benzene rings is 2. The van der Waals surface area contributed by atoms with Crippen molar-refractivity contribution in [1.29, 1.82) is 0 Å². The van der Waals surface area contributed by atoms with Crippen molar-refractivity contribution in [2.75, 3.05) is 6.61 Å². The molecule has 182 valence electrons. The maximum atomic E-state index is 13.7. The fraction of sp³-hybridized carbons (Fsp3) is 0.296. The van der Waals surface area contributed by atoms with E-state index in [2.05, 4.69) is 11.9 Å². The van der Waals surface area contributed by atoms with E-state index >= 15 is 0 Å². The average molecular weight is 511 g/mol. The molecule has 1 atom stereocenters. The monoisotopic (exact) mass is 510 g/mol. The summed E-state index contributed by atoms with van der Waals surface area (Å²) in [5.41, 5.74) is 2.24. The first-order valence-corrected chi connectivity index (χ1v) is 12.7. The van der Waals surface area contributed by atoms with Crippen LogP contribution in [0.3, 0.4) is 0 Å². The Kier molecular flexibility index (Phi) is 7.57. The average Bonchev–Trinajstić information content (AvgIpc) is 3.11. The van der Waals surface area contributed by atoms with Crippen molar-refractivity contribution in [3.05, 3.63) is 95.6 Å². The summed E-state index contributed by atoms with van der Waals surface area (Å²) in [6.45, 7) is 8.03. The molecule has 0 amide bonds. The SMILES string of the molecule is CCCOc1cccc(C=c2sc3n(c2=O)C(c2ccc(Cl)cc2)C(C(=O)OC(C)C)=C(C)N=3)c1. The number of fused-ring (bicyclic) bond motifs is 1. The van der Waals surface area contributed by atoms with E-state index in [-0.39, 0.29) is 11.7 Å². The third kappa shape index (κ3) is 5.41. The maximum absolute atomic E-state index is 13.7. The lowest BCUT2D eigenvalue weighted by Crippen LogP contribution is -2.40. The Balaban J connectivity index is 1.87. The van der Waals surface area contributed by atoms with E-state index in [1.54, 1.807) is 37.5 Å². The highest BCUT2D eigenvalue weighted by molar-refractivity contribution is 7.07. The van der Waals surface area contributed by atoms with E-state index < -0.39 is 12.0 Å². The summed E-state index contributed by atoms with van der Waals surface area (Å²) in [5.74, 6) is 0.262. The number of hydrogen-bond acceptors (Lipinski definition) is 6. The Morgan fingerprint density at radius 3 is 2.66 bits per heavy atom. The van der Waals surface area contributed by atoms with Crippen LogP contribution in [0.15, 0.2) is 69.6 Å². The topological polar surface area (TPSA) is 69.9 Å². The second-order valence-corrected chi connectivity index (χ2v) is 9.95. The summed E-state index contributed by atoms with van der Waals surface area (Å²) in [6, 6.07) is 14.1. The van der Waals surface area contributed by atoms with Gasteiger partial charge in [-0.3, -0.25) is 9.36 Å². The smallest absolute Gasteiger partial charge is 0.338 e. The largest absolute Gasteiger partial charge is 0.494 e. The zero-order valence-corrected chi connectivity index (χ0v) is 21.7. The van der Waals surface area contributed by atoms with Crippen LogP contribution in [0.2, 0.25) is 5.02 Å². The summed E-state index contributed by atoms with van der Waals surface area (Å²) in [5, 5.41) is 0.568. The Bertz CT molecular complexity index is 1450. The van der Waals surface area contributed by atoms with E-state index in [4.69, 9.17) is 21.1 Å². The first kappa shape index (κ1) is 24.9. The standard InChI is InChI=1S/C27H27ClN2O4S/c1-5-13-33-21-8-6-7-18(14-21)15-22-25(31)30-24(19-9-11-20(28)12-10-19)23(26(32)34-16(2)3)17(4)29-27(30)35-22/h6-12,14-16,24H,5,13H2,1-4H3. The third-order valence-corrected chi connectivity index (χ3v) is 6.63. The molecule has 6 nitrogen and oxygen atoms in total. The number of carbonyl (C=O) groups is 1. The predicted molar refractivity (Wildman–Crippen MR) is 139 cm³/mol. The summed E-state index contributed by atoms with van der Waals surface area (Å²) < 4.78 is 13.3. The van der Waals surface area contributed by atoms with Gasteiger partial charge in [0, 0.05) is 5.02 Å². The number of aromatic nitrogens is 1. The molecule has 0 radical (unpaired) electrons. The van der Waals surface area contributed by atoms with E-state index in [9.17, 15) is 9.59 Å². The molecule has 1 aliphatic rings. The van der Waals surface area contributed by atoms with Gasteiger partial charge < -0.3 is 9.47 Å². The highest BCUT2D eigenvalue weighted by Gasteiger charge is 2.33. The minimum absolute atomic E-state index is 0.226. The van der Waals surface area contributed by atoms with Crippen LogP contribution in [0.5, 0.6) is 5.75 Å². The number of esters is 1. The summed E-state index contributed by atoms with van der Waals surface area (Å²) in [6.07, 6.45) is 2.43. The lowest BCUT2D eigenvalue weighted by Gasteiger charge is -2.25. The second kappa shape index (κ2) is 10.6. The van der Waals surface area contributed by atoms with Gasteiger partial charge >= 0.3 is 5.97 Å². The van der Waals surface area contributed by atoms with Crippen LogP contribution < -0.4 is 19.6 Å². The van der Waals surface area contributed by atoms with Crippen LogP contribution in [0.1, 0.15) is 51.3 Å². The van der Waals surface area contributed by atoms with Crippen LogP contribution >= 0.6 is 22.9 Å². The van der Waals surface area contributed by atoms with Gasteiger partial charge in [0.25, 0.3) is 5.56 Å². The van der Waals surface area contributed by atoms with Crippen molar-refractivity contribution < 1.29 is 14.3 Å². The van der Waals surface area contributed by atoms with Gasteiger partial charge in [-0.2, -0.15) is 0 Å². The molecule has 35 heavy (non-hydrogen) atoms. The van der Waals surface area contributed by atoms with E-state index in [0.29, 0.717) is 32.2 Å². The van der Waals surface area contributed by atoms with Gasteiger partial charge in [-0.1, -0.05) is 54.1 Å². The van der Waals surface area contributed by atoms with Crippen LogP contribution in [-0.4, -0.2) is 23.2 Å². The number of halogens is 1. The molecule has 8 heteroatoms. The van der Waals surface area contributed by atoms with Gasteiger partial charge in [0.1, 0.15) is 5.75 Å². The number of allylic oxidation sites excluding steroid dienone is 1. The Hall–Kier alpha value is -3.16. The molecule has 0 bridgehead atoms. The molecule has 4 rings (SSSR count). The zero-order chi connectivity index (χ0) is 25.1. The van der Waals surface area contributed by atoms with Crippen molar-refractivity contribution in [2.24, 2.45) is 4.99 Å². The summed E-state index contributed by atoms with van der Waals surface area (Å²) >= 11 is 7.40. The second-order valence-electron chi connectivity index (χ2n) is 8.51. The lowest BCUT2D eigenvalue weighted by atomic mass is 9.96. The van der Waals surface area contributed by atoms with E-state index in [1.165, 1.54) is 11.3 Å². The van der Waals surface area contributed by atoms with Gasteiger partial charge in [-0.15, -0.1) is 0 Å². The first-order valence-electron chi connectivity index (χ1n) is 11.5. The molecule has 2 aromatic carbocycles. The van der Waals surface area contributed by atoms with E-state index in [1.807, 2.05) is 42.5 Å². The maximum Gasteiger partial charge on any atom is 0.338 e. The Morgan fingerprint density at radius 1 is 1.23 bits per heavy atom. The third-order valence-electron chi connectivity index (χ3n) is 5.40. The molecule has 0 aliphatic carbocycles. The predicted octanol–water partition coefficient (Wildman–Crippen LogP) is 4.63. The zero-order valence-electron chi connectivity index (χ0n) is 20.1. The molecular formula is C27H27ClN2O4S. The number of carbonyl (C=O) groups excluding carboxylic acids is 1. The Morgan fingerprint density at radius 2 is 1.97 bits per heavy atom. The lowest BCUT2D eigenvalue weighted by molar-refractivity contribution is -0.143. The molecule has 2 heterocycles. The molecule has 1 unspecified atom stereocenters. The molecule has 0 N–H and O–H groups in total. The molecule has 1 aromatic heterocycles. The van der Waals surface area contributed by atoms with Gasteiger partial charge in [0.15, 0.2) is 4.80 Å². The van der Waals surface area contributed by atoms with Crippen molar-refractivity contribution in [2.45, 2.75) is 46.3 Å². The summed E-state index contributed by atoms with van der Waals surface area (Å²) in [4.78, 5) is 31.9. The quantitative estimate of drug-likeness (QED) is 0.434. The van der Waals surface area contributed by atoms with Crippen LogP contribution in [0.25, 0.3) is 6.08 Å². The molecule has 0 fully saturated rings. The highest BCUT2D eigenvalue weighted by atomic mass is 35.5. The molecule has 0 saturated heterocycles. The van der Waals surface area contributed by atoms with Crippen LogP contribution in [0, 0.1) is 0 Å². The van der Waals surface area contributed by atoms with Crippen molar-refractivity contribution in [3.63, 3.8) is 0 Å². The van der Waals surface area contributed by atoms with Gasteiger partial charge in [0.05, 0.1) is 34.6 Å². The number of nitrogens with zero attached hydrogens (tertiary/aromatic N) is 2. The van der Waals surface area contributed by atoms with Crippen molar-refractivity contribution in [3.8, 4) is 5.75 Å². The number of thiazole rings is 1. The summed E-state index contributed by atoms with van der Waals surface area (Å²) in [7, 11) is 0. The van der Waals surface area contributed by atoms with Crippen molar-refractivity contribution in [1.82, 2.24) is 4.57 Å². The number of hydrogen-bond donors (Lipinski definition) is 0. The first-order chi connectivity index (χ1) is 16.8. The molecule has 0 saturated carbocycles. The van der Waals surface area contributed by atoms with E-state index in [0.717, 1.165) is 23.3 Å². The minimum Gasteiger partial charge on any atom is -0.494 e. The molecule has 1 aliphatic heterocycles. The van der Waals surface area contributed by atoms with Gasteiger partial charge in [-0.25, -0.2) is 9.79 Å². The normalized spacial score (nSPS) is 15.7. The number of rotatable bonds is 7. The highest BCUT2D eigenvalue weighted by Crippen LogP contribution is 2.31. The van der Waals surface area contributed by atoms with Crippen molar-refractivity contribution >= 4 is 35.0 Å². The number of ether oxygens (including phenoxy) is 2. The fourth-order valence-electron chi connectivity index (χ4n) is 3.89. The fourth-order valence-corrected chi connectivity index (χ4v) is 5.06. The van der Waals surface area contributed by atoms with Crippen LogP contribution in [0.4, 0.5) is 0 Å². The Labute approximate surface area is 212 Å². The molecular weight excluding hydrogens is 484 g/mol. The molecule has 3 aromatic rings. The van der Waals surface area contributed by atoms with Gasteiger partial charge in [-0.05, 0) is 68.7 Å². The molecule has 0 spiro atoms. The van der Waals surface area contributed by atoms with Gasteiger partial charge in [0.2, 0.25) is 0 Å². The minimum atomic E-state index is -0.670.